The lowest BCUT2D eigenvalue weighted by molar-refractivity contribution is -0.123. The number of rotatable bonds is 5. The predicted molar refractivity (Wildman–Crippen MR) is 93.6 cm³/mol. The average Bonchev–Trinajstić information content (AvgIpc) is 2.59. The molecule has 1 heterocycles. The molecule has 7 heteroatoms. The van der Waals surface area contributed by atoms with Crippen molar-refractivity contribution >= 4 is 27.7 Å². The first kappa shape index (κ1) is 17.9. The van der Waals surface area contributed by atoms with Crippen LogP contribution in [0.5, 0.6) is 5.75 Å². The number of hydrogen-bond donors (Lipinski definition) is 2. The molecule has 0 saturated carbocycles. The zero-order chi connectivity index (χ0) is 17.5. The van der Waals surface area contributed by atoms with Crippen LogP contribution in [-0.2, 0) is 4.79 Å². The van der Waals surface area contributed by atoms with Crippen LogP contribution in [0, 0.1) is 0 Å². The van der Waals surface area contributed by atoms with Gasteiger partial charge in [0.2, 0.25) is 0 Å². The van der Waals surface area contributed by atoms with Crippen molar-refractivity contribution in [2.75, 3.05) is 6.61 Å². The molecular weight excluding hydrogens is 374 g/mol. The summed E-state index contributed by atoms with van der Waals surface area (Å²) in [5.74, 6) is 0.0306. The maximum atomic E-state index is 11.8. The summed E-state index contributed by atoms with van der Waals surface area (Å²) in [6.45, 7) is 3.89. The van der Waals surface area contributed by atoms with E-state index in [0.29, 0.717) is 11.3 Å². The lowest BCUT2D eigenvalue weighted by Gasteiger charge is -2.14. The van der Waals surface area contributed by atoms with E-state index in [-0.39, 0.29) is 12.5 Å². The van der Waals surface area contributed by atoms with Gasteiger partial charge in [-0.05, 0) is 41.8 Å². The zero-order valence-corrected chi connectivity index (χ0v) is 15.0. The van der Waals surface area contributed by atoms with E-state index in [1.807, 2.05) is 32.0 Å². The fourth-order valence-electron chi connectivity index (χ4n) is 1.98. The van der Waals surface area contributed by atoms with Gasteiger partial charge < -0.3 is 4.74 Å². The van der Waals surface area contributed by atoms with Gasteiger partial charge in [0.15, 0.2) is 6.61 Å². The van der Waals surface area contributed by atoms with E-state index < -0.39 is 11.8 Å². The third kappa shape index (κ3) is 5.06. The van der Waals surface area contributed by atoms with Crippen LogP contribution < -0.4 is 15.6 Å². The molecule has 24 heavy (non-hydrogen) atoms. The Morgan fingerprint density at radius 3 is 2.54 bits per heavy atom. The van der Waals surface area contributed by atoms with Crippen molar-refractivity contribution in [2.24, 2.45) is 0 Å². The molecule has 0 aliphatic rings. The summed E-state index contributed by atoms with van der Waals surface area (Å²) in [5, 5.41) is 0. The molecule has 126 valence electrons. The Labute approximate surface area is 148 Å². The Kier molecular flexibility index (Phi) is 6.31. The maximum absolute atomic E-state index is 11.8. The molecule has 6 nitrogen and oxygen atoms in total. The molecule has 2 amide bonds. The molecule has 0 bridgehead atoms. The maximum Gasteiger partial charge on any atom is 0.276 e. The number of pyridine rings is 1. The van der Waals surface area contributed by atoms with Gasteiger partial charge in [-0.1, -0.05) is 29.8 Å². The van der Waals surface area contributed by atoms with Crippen molar-refractivity contribution in [3.63, 3.8) is 0 Å². The Bertz CT molecular complexity index is 720. The lowest BCUT2D eigenvalue weighted by atomic mass is 10.0. The number of amides is 2. The second-order valence-electron chi connectivity index (χ2n) is 5.36. The third-order valence-electron chi connectivity index (χ3n) is 3.21. The van der Waals surface area contributed by atoms with Gasteiger partial charge in [-0.25, -0.2) is 0 Å². The highest BCUT2D eigenvalue weighted by Crippen LogP contribution is 2.29. The molecule has 0 aliphatic carbocycles. The van der Waals surface area contributed by atoms with E-state index in [0.717, 1.165) is 10.0 Å². The fraction of sp³-hybridized carbons (Fsp3) is 0.235. The average molecular weight is 392 g/mol. The van der Waals surface area contributed by atoms with Gasteiger partial charge in [0.1, 0.15) is 5.75 Å². The molecule has 1 aromatic heterocycles. The molecule has 0 fully saturated rings. The third-order valence-corrected chi connectivity index (χ3v) is 3.70. The first-order chi connectivity index (χ1) is 11.5. The number of aromatic nitrogens is 1. The number of ether oxygens (including phenoxy) is 1. The monoisotopic (exact) mass is 391 g/mol. The van der Waals surface area contributed by atoms with Crippen molar-refractivity contribution in [2.45, 2.75) is 19.8 Å². The normalized spacial score (nSPS) is 10.3. The van der Waals surface area contributed by atoms with Gasteiger partial charge in [-0.3, -0.25) is 25.4 Å². The Morgan fingerprint density at radius 1 is 1.17 bits per heavy atom. The number of carbonyl (C=O) groups excluding carboxylic acids is 2. The van der Waals surface area contributed by atoms with Gasteiger partial charge in [0.25, 0.3) is 11.8 Å². The van der Waals surface area contributed by atoms with Gasteiger partial charge in [0, 0.05) is 22.4 Å². The summed E-state index contributed by atoms with van der Waals surface area (Å²) in [7, 11) is 0. The summed E-state index contributed by atoms with van der Waals surface area (Å²) >= 11 is 3.42. The second-order valence-corrected chi connectivity index (χ2v) is 6.28. The van der Waals surface area contributed by atoms with Crippen molar-refractivity contribution in [3.8, 4) is 5.75 Å². The molecule has 0 radical (unpaired) electrons. The van der Waals surface area contributed by atoms with Gasteiger partial charge in [-0.2, -0.15) is 0 Å². The number of hydrazine groups is 1. The van der Waals surface area contributed by atoms with Crippen LogP contribution in [0.25, 0.3) is 0 Å². The summed E-state index contributed by atoms with van der Waals surface area (Å²) in [6.07, 6.45) is 3.00. The van der Waals surface area contributed by atoms with Crippen LogP contribution in [0.1, 0.15) is 35.7 Å². The van der Waals surface area contributed by atoms with Crippen LogP contribution in [0.15, 0.2) is 47.2 Å². The molecule has 0 aliphatic heterocycles. The molecule has 2 aromatic rings. The molecular formula is C17H18BrN3O3. The highest BCUT2D eigenvalue weighted by atomic mass is 79.9. The molecule has 2 N–H and O–H groups in total. The highest BCUT2D eigenvalue weighted by molar-refractivity contribution is 9.10. The first-order valence-electron chi connectivity index (χ1n) is 7.39. The van der Waals surface area contributed by atoms with E-state index in [2.05, 4.69) is 31.8 Å². The summed E-state index contributed by atoms with van der Waals surface area (Å²) in [5.41, 5.74) is 6.05. The molecule has 0 atom stereocenters. The highest BCUT2D eigenvalue weighted by Gasteiger charge is 2.11. The Balaban J connectivity index is 1.87. The van der Waals surface area contributed by atoms with E-state index in [1.54, 1.807) is 12.1 Å². The molecule has 2 rings (SSSR count). The molecule has 1 aromatic carbocycles. The van der Waals surface area contributed by atoms with Crippen LogP contribution in [0.3, 0.4) is 0 Å². The number of nitrogens with one attached hydrogen (secondary N) is 2. The molecule has 0 spiro atoms. The Morgan fingerprint density at radius 2 is 1.88 bits per heavy atom. The first-order valence-corrected chi connectivity index (χ1v) is 8.18. The number of benzene rings is 1. The topological polar surface area (TPSA) is 80.3 Å². The number of carbonyl (C=O) groups is 2. The van der Waals surface area contributed by atoms with E-state index >= 15 is 0 Å². The lowest BCUT2D eigenvalue weighted by Crippen LogP contribution is -2.43. The van der Waals surface area contributed by atoms with Crippen molar-refractivity contribution < 1.29 is 14.3 Å². The van der Waals surface area contributed by atoms with Gasteiger partial charge in [-0.15, -0.1) is 0 Å². The minimum Gasteiger partial charge on any atom is -0.483 e. The minimum absolute atomic E-state index is 0.196. The molecule has 0 unspecified atom stereocenters. The SMILES string of the molecule is CC(C)c1cc(Br)ccc1OCC(=O)NNC(=O)c1ccncc1. The minimum atomic E-state index is -0.449. The summed E-state index contributed by atoms with van der Waals surface area (Å²) < 4.78 is 6.51. The summed E-state index contributed by atoms with van der Waals surface area (Å²) in [4.78, 5) is 27.5. The fourth-order valence-corrected chi connectivity index (χ4v) is 2.36. The zero-order valence-electron chi connectivity index (χ0n) is 13.4. The largest absolute Gasteiger partial charge is 0.483 e. The smallest absolute Gasteiger partial charge is 0.276 e. The second kappa shape index (κ2) is 8.44. The van der Waals surface area contributed by atoms with Gasteiger partial charge in [0.05, 0.1) is 0 Å². The van der Waals surface area contributed by atoms with E-state index in [4.69, 9.17) is 4.74 Å². The van der Waals surface area contributed by atoms with Crippen LogP contribution in [0.2, 0.25) is 0 Å². The molecule has 0 saturated heterocycles. The van der Waals surface area contributed by atoms with Crippen molar-refractivity contribution in [3.05, 3.63) is 58.3 Å². The standard InChI is InChI=1S/C17H18BrN3O3/c1-11(2)14-9-13(18)3-4-15(14)24-10-16(22)20-21-17(23)12-5-7-19-8-6-12/h3-9,11H,10H2,1-2H3,(H,20,22)(H,21,23). The number of hydrogen-bond acceptors (Lipinski definition) is 4. The van der Waals surface area contributed by atoms with E-state index in [1.165, 1.54) is 12.4 Å². The van der Waals surface area contributed by atoms with Crippen molar-refractivity contribution in [1.82, 2.24) is 15.8 Å². The van der Waals surface area contributed by atoms with E-state index in [9.17, 15) is 9.59 Å². The number of nitrogens with zero attached hydrogens (tertiary/aromatic N) is 1. The summed E-state index contributed by atoms with van der Waals surface area (Å²) in [6, 6.07) is 8.72. The van der Waals surface area contributed by atoms with Crippen LogP contribution >= 0.6 is 15.9 Å². The van der Waals surface area contributed by atoms with Crippen LogP contribution in [0.4, 0.5) is 0 Å². The quantitative estimate of drug-likeness (QED) is 0.767. The van der Waals surface area contributed by atoms with Crippen LogP contribution in [-0.4, -0.2) is 23.4 Å². The predicted octanol–water partition coefficient (Wildman–Crippen LogP) is 2.81. The number of halogens is 1. The van der Waals surface area contributed by atoms with Gasteiger partial charge >= 0.3 is 0 Å². The van der Waals surface area contributed by atoms with Crippen molar-refractivity contribution in [1.29, 1.82) is 0 Å². The Hall–Kier alpha value is -2.41.